The largest absolute Gasteiger partial charge is 0.456 e. The Balaban J connectivity index is 1.08. The Morgan fingerprint density at radius 3 is 1.65 bits per heavy atom. The third-order valence-corrected chi connectivity index (χ3v) is 13.7. The van der Waals surface area contributed by atoms with Crippen LogP contribution >= 0.6 is 0 Å². The van der Waals surface area contributed by atoms with Crippen molar-refractivity contribution < 1.29 is 8.83 Å². The van der Waals surface area contributed by atoms with Gasteiger partial charge >= 0.3 is 0 Å². The Morgan fingerprint density at radius 2 is 0.871 bits per heavy atom. The molecule has 1 spiro atoms. The zero-order valence-corrected chi connectivity index (χ0v) is 33.5. The first-order valence-electron chi connectivity index (χ1n) is 21.3. The standard InChI is InChI=1S/C59H35NO2/c1-2-16-38-36(15-1)31-33-46-45-23-13-22-44(58(45)62-57(38)46)43-20-6-11-27-52(43)60(53-28-14-30-55-56(53)47-21-7-12-29-54(47)61-55)37-32-34-42-41-19-5-10-26-50(41)59(51(42)35-37)48-24-8-3-17-39(48)40-18-4-9-25-49(40)59/h1-35H. The van der Waals surface area contributed by atoms with Crippen LogP contribution in [0.5, 0.6) is 0 Å². The van der Waals surface area contributed by atoms with Crippen LogP contribution < -0.4 is 4.90 Å². The number of nitrogens with zero attached hydrogens (tertiary/aromatic N) is 1. The first kappa shape index (κ1) is 33.7. The topological polar surface area (TPSA) is 29.5 Å². The molecule has 0 amide bonds. The number of hydrogen-bond acceptors (Lipinski definition) is 3. The summed E-state index contributed by atoms with van der Waals surface area (Å²) in [6, 6.07) is 77.3. The third-order valence-electron chi connectivity index (χ3n) is 13.7. The second-order valence-corrected chi connectivity index (χ2v) is 16.7. The van der Waals surface area contributed by atoms with E-state index in [1.807, 2.05) is 6.07 Å². The summed E-state index contributed by atoms with van der Waals surface area (Å²) < 4.78 is 13.6. The molecule has 3 nitrogen and oxygen atoms in total. The summed E-state index contributed by atoms with van der Waals surface area (Å²) in [4.78, 5) is 2.46. The van der Waals surface area contributed by atoms with E-state index in [0.29, 0.717) is 0 Å². The molecular weight excluding hydrogens is 755 g/mol. The molecule has 14 rings (SSSR count). The second-order valence-electron chi connectivity index (χ2n) is 16.7. The van der Waals surface area contributed by atoms with E-state index in [4.69, 9.17) is 8.83 Å². The molecule has 288 valence electrons. The van der Waals surface area contributed by atoms with Gasteiger partial charge in [-0.15, -0.1) is 0 Å². The molecular formula is C59H35NO2. The maximum Gasteiger partial charge on any atom is 0.143 e. The molecule has 3 heteroatoms. The smallest absolute Gasteiger partial charge is 0.143 e. The molecule has 0 atom stereocenters. The molecule has 0 saturated heterocycles. The molecule has 0 fully saturated rings. The summed E-state index contributed by atoms with van der Waals surface area (Å²) in [5.74, 6) is 0. The number of hydrogen-bond donors (Lipinski definition) is 0. The van der Waals surface area contributed by atoms with Crippen molar-refractivity contribution in [2.45, 2.75) is 5.41 Å². The van der Waals surface area contributed by atoms with Gasteiger partial charge in [-0.2, -0.15) is 0 Å². The van der Waals surface area contributed by atoms with Gasteiger partial charge in [0.05, 0.1) is 22.2 Å². The fourth-order valence-corrected chi connectivity index (χ4v) is 11.2. The summed E-state index contributed by atoms with van der Waals surface area (Å²) in [7, 11) is 0. The highest BCUT2D eigenvalue weighted by molar-refractivity contribution is 6.18. The molecule has 0 N–H and O–H groups in total. The van der Waals surface area contributed by atoms with Gasteiger partial charge in [-0.3, -0.25) is 0 Å². The van der Waals surface area contributed by atoms with E-state index in [9.17, 15) is 0 Å². The Bertz CT molecular complexity index is 3780. The molecule has 0 unspecified atom stereocenters. The van der Waals surface area contributed by atoms with Crippen molar-refractivity contribution in [3.05, 3.63) is 235 Å². The van der Waals surface area contributed by atoms with Crippen LogP contribution in [0.3, 0.4) is 0 Å². The molecule has 10 aromatic carbocycles. The van der Waals surface area contributed by atoms with Gasteiger partial charge in [-0.25, -0.2) is 0 Å². The number of para-hydroxylation sites is 3. The van der Waals surface area contributed by atoms with Gasteiger partial charge in [0, 0.05) is 38.4 Å². The fraction of sp³-hybridized carbons (Fsp3) is 0.0169. The van der Waals surface area contributed by atoms with Gasteiger partial charge in [0.15, 0.2) is 0 Å². The van der Waals surface area contributed by atoms with E-state index in [-0.39, 0.29) is 0 Å². The molecule has 2 aliphatic carbocycles. The lowest BCUT2D eigenvalue weighted by Crippen LogP contribution is -2.26. The minimum Gasteiger partial charge on any atom is -0.456 e. The molecule has 0 bridgehead atoms. The van der Waals surface area contributed by atoms with Gasteiger partial charge in [0.2, 0.25) is 0 Å². The lowest BCUT2D eigenvalue weighted by Gasteiger charge is -2.33. The van der Waals surface area contributed by atoms with Crippen molar-refractivity contribution in [1.29, 1.82) is 0 Å². The quantitative estimate of drug-likeness (QED) is 0.178. The predicted octanol–water partition coefficient (Wildman–Crippen LogP) is 16.1. The summed E-state index contributed by atoms with van der Waals surface area (Å²) in [6.07, 6.45) is 0. The number of rotatable bonds is 4. The Kier molecular flexibility index (Phi) is 6.76. The van der Waals surface area contributed by atoms with Crippen LogP contribution in [0.4, 0.5) is 17.1 Å². The maximum absolute atomic E-state index is 7.01. The van der Waals surface area contributed by atoms with Crippen molar-refractivity contribution >= 4 is 71.7 Å². The number of fused-ring (bicyclic) bond motifs is 18. The van der Waals surface area contributed by atoms with Crippen molar-refractivity contribution in [1.82, 2.24) is 0 Å². The van der Waals surface area contributed by atoms with Crippen LogP contribution in [-0.4, -0.2) is 0 Å². The fourth-order valence-electron chi connectivity index (χ4n) is 11.2. The molecule has 2 heterocycles. The summed E-state index contributed by atoms with van der Waals surface area (Å²) in [5, 5.41) is 6.64. The summed E-state index contributed by atoms with van der Waals surface area (Å²) in [5.41, 5.74) is 18.6. The molecule has 62 heavy (non-hydrogen) atoms. The van der Waals surface area contributed by atoms with Crippen molar-refractivity contribution in [2.24, 2.45) is 0 Å². The minimum atomic E-state index is -0.489. The van der Waals surface area contributed by atoms with Crippen LogP contribution in [-0.2, 0) is 5.41 Å². The van der Waals surface area contributed by atoms with E-state index in [1.54, 1.807) is 0 Å². The molecule has 12 aromatic rings. The molecule has 0 saturated carbocycles. The lowest BCUT2D eigenvalue weighted by molar-refractivity contribution is 0.669. The number of anilines is 3. The first-order chi connectivity index (χ1) is 30.8. The van der Waals surface area contributed by atoms with Gasteiger partial charge in [0.1, 0.15) is 22.3 Å². The van der Waals surface area contributed by atoms with Crippen molar-refractivity contribution in [2.75, 3.05) is 4.90 Å². The summed E-state index contributed by atoms with van der Waals surface area (Å²) >= 11 is 0. The highest BCUT2D eigenvalue weighted by atomic mass is 16.3. The zero-order chi connectivity index (χ0) is 40.5. The molecule has 2 aliphatic rings. The predicted molar refractivity (Wildman–Crippen MR) is 255 cm³/mol. The van der Waals surface area contributed by atoms with E-state index in [1.165, 1.54) is 44.5 Å². The molecule has 0 aliphatic heterocycles. The van der Waals surface area contributed by atoms with Gasteiger partial charge in [-0.05, 0) is 92.4 Å². The maximum atomic E-state index is 7.01. The van der Waals surface area contributed by atoms with Crippen LogP contribution in [0.2, 0.25) is 0 Å². The molecule has 0 radical (unpaired) electrons. The normalized spacial score (nSPS) is 13.3. The highest BCUT2D eigenvalue weighted by Gasteiger charge is 2.51. The Labute approximate surface area is 357 Å². The molecule has 2 aromatic heterocycles. The zero-order valence-electron chi connectivity index (χ0n) is 33.5. The lowest BCUT2D eigenvalue weighted by atomic mass is 9.70. The van der Waals surface area contributed by atoms with E-state index in [2.05, 4.69) is 211 Å². The SMILES string of the molecule is c1ccc(N(c2ccc3c(c2)C2(c4ccccc4-c4ccccc42)c2ccccc2-3)c2cccc3oc4ccccc4c23)c(-c2cccc3c2oc2c4ccccc4ccc32)c1. The van der Waals surface area contributed by atoms with E-state index < -0.39 is 5.41 Å². The van der Waals surface area contributed by atoms with Crippen LogP contribution in [0.1, 0.15) is 22.3 Å². The van der Waals surface area contributed by atoms with E-state index >= 15 is 0 Å². The Hall–Kier alpha value is -8.14. The van der Waals surface area contributed by atoms with Crippen molar-refractivity contribution in [3.63, 3.8) is 0 Å². The monoisotopic (exact) mass is 789 g/mol. The van der Waals surface area contributed by atoms with Crippen molar-refractivity contribution in [3.8, 4) is 33.4 Å². The van der Waals surface area contributed by atoms with Crippen LogP contribution in [0.15, 0.2) is 221 Å². The number of benzene rings is 10. The van der Waals surface area contributed by atoms with Crippen LogP contribution in [0, 0.1) is 0 Å². The van der Waals surface area contributed by atoms with Gasteiger partial charge in [0.25, 0.3) is 0 Å². The second kappa shape index (κ2) is 12.4. The highest BCUT2D eigenvalue weighted by Crippen LogP contribution is 2.63. The third kappa shape index (κ3) is 4.34. The van der Waals surface area contributed by atoms with E-state index in [0.717, 1.165) is 82.8 Å². The Morgan fingerprint density at radius 1 is 0.323 bits per heavy atom. The average Bonchev–Trinajstić information content (AvgIpc) is 4.08. The number of furan rings is 2. The minimum absolute atomic E-state index is 0.489. The van der Waals surface area contributed by atoms with Gasteiger partial charge < -0.3 is 13.7 Å². The first-order valence-corrected chi connectivity index (χ1v) is 21.3. The average molecular weight is 790 g/mol. The summed E-state index contributed by atoms with van der Waals surface area (Å²) in [6.45, 7) is 0. The van der Waals surface area contributed by atoms with Gasteiger partial charge in [-0.1, -0.05) is 170 Å². The van der Waals surface area contributed by atoms with Crippen LogP contribution in [0.25, 0.3) is 88.0 Å².